The van der Waals surface area contributed by atoms with Crippen LogP contribution in [0.5, 0.6) is 0 Å². The molecule has 78 valence electrons. The van der Waals surface area contributed by atoms with Crippen LogP contribution in [0.4, 0.5) is 5.95 Å². The van der Waals surface area contributed by atoms with E-state index in [9.17, 15) is 10.2 Å². The standard InChI is InChI=1S/C8H13N3O2S/c9-8-10-3-1-5(11-8)7(13)6(12)2-4-14/h1,3,6-7,12-14H,2,4H2,(H2,9,10,11). The zero-order valence-electron chi connectivity index (χ0n) is 7.54. The molecule has 0 aliphatic rings. The van der Waals surface area contributed by atoms with Gasteiger partial charge in [0.1, 0.15) is 6.10 Å². The third-order valence-electron chi connectivity index (χ3n) is 1.79. The van der Waals surface area contributed by atoms with Crippen LogP contribution in [0.1, 0.15) is 18.2 Å². The van der Waals surface area contributed by atoms with Crippen LogP contribution in [0.3, 0.4) is 0 Å². The first-order valence-corrected chi connectivity index (χ1v) is 4.84. The molecule has 14 heavy (non-hydrogen) atoms. The Bertz CT molecular complexity index is 298. The van der Waals surface area contributed by atoms with E-state index in [2.05, 4.69) is 22.6 Å². The maximum Gasteiger partial charge on any atom is 0.220 e. The first-order valence-electron chi connectivity index (χ1n) is 4.20. The zero-order chi connectivity index (χ0) is 10.6. The van der Waals surface area contributed by atoms with Crippen molar-refractivity contribution in [2.75, 3.05) is 11.5 Å². The van der Waals surface area contributed by atoms with E-state index in [1.807, 2.05) is 0 Å². The van der Waals surface area contributed by atoms with Crippen molar-refractivity contribution in [1.82, 2.24) is 9.97 Å². The van der Waals surface area contributed by atoms with E-state index in [0.717, 1.165) is 0 Å². The fraction of sp³-hybridized carbons (Fsp3) is 0.500. The Kier molecular flexibility index (Phi) is 4.12. The molecule has 0 aliphatic heterocycles. The number of nitrogens with two attached hydrogens (primary N) is 1. The van der Waals surface area contributed by atoms with Gasteiger partial charge in [-0.2, -0.15) is 12.6 Å². The van der Waals surface area contributed by atoms with E-state index in [0.29, 0.717) is 17.9 Å². The van der Waals surface area contributed by atoms with Crippen molar-refractivity contribution in [2.45, 2.75) is 18.6 Å². The molecule has 0 fully saturated rings. The fourth-order valence-electron chi connectivity index (χ4n) is 1.04. The molecule has 1 heterocycles. The second kappa shape index (κ2) is 5.14. The average molecular weight is 215 g/mol. The number of hydrogen-bond acceptors (Lipinski definition) is 6. The molecule has 4 N–H and O–H groups in total. The van der Waals surface area contributed by atoms with Gasteiger partial charge in [-0.3, -0.25) is 0 Å². The Morgan fingerprint density at radius 1 is 1.50 bits per heavy atom. The molecule has 1 aromatic heterocycles. The van der Waals surface area contributed by atoms with Crippen LogP contribution in [0, 0.1) is 0 Å². The number of anilines is 1. The molecule has 6 heteroatoms. The van der Waals surface area contributed by atoms with Gasteiger partial charge in [0.25, 0.3) is 0 Å². The molecule has 0 spiro atoms. The summed E-state index contributed by atoms with van der Waals surface area (Å²) in [4.78, 5) is 7.49. The maximum absolute atomic E-state index is 9.61. The van der Waals surface area contributed by atoms with E-state index >= 15 is 0 Å². The minimum absolute atomic E-state index is 0.0830. The molecular formula is C8H13N3O2S. The normalized spacial score (nSPS) is 15.1. The zero-order valence-corrected chi connectivity index (χ0v) is 8.43. The molecule has 2 atom stereocenters. The molecule has 0 aromatic carbocycles. The number of aliphatic hydroxyl groups is 2. The van der Waals surface area contributed by atoms with Crippen molar-refractivity contribution < 1.29 is 10.2 Å². The van der Waals surface area contributed by atoms with Crippen molar-refractivity contribution >= 4 is 18.6 Å². The number of thiol groups is 1. The van der Waals surface area contributed by atoms with E-state index in [4.69, 9.17) is 5.73 Å². The van der Waals surface area contributed by atoms with Crippen LogP contribution >= 0.6 is 12.6 Å². The minimum Gasteiger partial charge on any atom is -0.390 e. The Morgan fingerprint density at radius 3 is 2.79 bits per heavy atom. The third kappa shape index (κ3) is 2.83. The summed E-state index contributed by atoms with van der Waals surface area (Å²) in [5, 5.41) is 19.1. The second-order valence-corrected chi connectivity index (χ2v) is 3.31. The molecule has 1 aromatic rings. The quantitative estimate of drug-likeness (QED) is 0.521. The molecule has 0 saturated heterocycles. The average Bonchev–Trinajstić information content (AvgIpc) is 2.17. The Labute approximate surface area is 87.4 Å². The van der Waals surface area contributed by atoms with Crippen LogP contribution in [0.25, 0.3) is 0 Å². The fourth-order valence-corrected chi connectivity index (χ4v) is 1.30. The third-order valence-corrected chi connectivity index (χ3v) is 2.05. The van der Waals surface area contributed by atoms with Crippen LogP contribution < -0.4 is 5.73 Å². The van der Waals surface area contributed by atoms with Crippen molar-refractivity contribution in [3.8, 4) is 0 Å². The number of hydrogen-bond donors (Lipinski definition) is 4. The Balaban J connectivity index is 2.73. The van der Waals surface area contributed by atoms with Crippen molar-refractivity contribution in [3.05, 3.63) is 18.0 Å². The summed E-state index contributed by atoms with van der Waals surface area (Å²) in [7, 11) is 0. The summed E-state index contributed by atoms with van der Waals surface area (Å²) in [6, 6.07) is 1.52. The highest BCUT2D eigenvalue weighted by molar-refractivity contribution is 7.80. The topological polar surface area (TPSA) is 92.3 Å². The van der Waals surface area contributed by atoms with Crippen molar-refractivity contribution in [3.63, 3.8) is 0 Å². The number of aliphatic hydroxyl groups excluding tert-OH is 2. The van der Waals surface area contributed by atoms with E-state index in [-0.39, 0.29) is 5.95 Å². The molecule has 0 aliphatic carbocycles. The molecule has 2 unspecified atom stereocenters. The van der Waals surface area contributed by atoms with Crippen LogP contribution in [0.2, 0.25) is 0 Å². The lowest BCUT2D eigenvalue weighted by atomic mass is 10.1. The van der Waals surface area contributed by atoms with Gasteiger partial charge in [-0.15, -0.1) is 0 Å². The molecule has 0 bridgehead atoms. The van der Waals surface area contributed by atoms with Gasteiger partial charge in [0.15, 0.2) is 0 Å². The monoisotopic (exact) mass is 215 g/mol. The van der Waals surface area contributed by atoms with Crippen molar-refractivity contribution in [1.29, 1.82) is 0 Å². The highest BCUT2D eigenvalue weighted by atomic mass is 32.1. The van der Waals surface area contributed by atoms with Gasteiger partial charge < -0.3 is 15.9 Å². The molecule has 0 radical (unpaired) electrons. The summed E-state index contributed by atoms with van der Waals surface area (Å²) in [5.41, 5.74) is 5.67. The van der Waals surface area contributed by atoms with Gasteiger partial charge in [-0.05, 0) is 18.2 Å². The lowest BCUT2D eigenvalue weighted by molar-refractivity contribution is 0.0147. The number of aromatic nitrogens is 2. The summed E-state index contributed by atoms with van der Waals surface area (Å²) < 4.78 is 0. The molecule has 1 rings (SSSR count). The Morgan fingerprint density at radius 2 is 2.21 bits per heavy atom. The maximum atomic E-state index is 9.61. The minimum atomic E-state index is -1.03. The highest BCUT2D eigenvalue weighted by Crippen LogP contribution is 2.17. The molecule has 0 amide bonds. The predicted octanol–water partition coefficient (Wildman–Crippen LogP) is -0.227. The number of nitrogens with zero attached hydrogens (tertiary/aromatic N) is 2. The van der Waals surface area contributed by atoms with Gasteiger partial charge in [-0.25, -0.2) is 9.97 Å². The summed E-state index contributed by atoms with van der Waals surface area (Å²) in [5.74, 6) is 0.582. The summed E-state index contributed by atoms with van der Waals surface area (Å²) >= 11 is 3.96. The van der Waals surface area contributed by atoms with Crippen LogP contribution in [-0.4, -0.2) is 32.0 Å². The summed E-state index contributed by atoms with van der Waals surface area (Å²) in [6.45, 7) is 0. The lowest BCUT2D eigenvalue weighted by Gasteiger charge is -2.16. The first kappa shape index (κ1) is 11.2. The Hall–Kier alpha value is -0.850. The van der Waals surface area contributed by atoms with Crippen molar-refractivity contribution in [2.24, 2.45) is 0 Å². The van der Waals surface area contributed by atoms with E-state index in [1.165, 1.54) is 12.3 Å². The van der Waals surface area contributed by atoms with E-state index < -0.39 is 12.2 Å². The lowest BCUT2D eigenvalue weighted by Crippen LogP contribution is -2.20. The SMILES string of the molecule is Nc1nccc(C(O)C(O)CCS)n1. The van der Waals surface area contributed by atoms with Gasteiger partial charge in [0, 0.05) is 6.20 Å². The van der Waals surface area contributed by atoms with Crippen LogP contribution in [0.15, 0.2) is 12.3 Å². The van der Waals surface area contributed by atoms with Gasteiger partial charge in [-0.1, -0.05) is 0 Å². The number of nitrogen functional groups attached to an aromatic ring is 1. The molecular weight excluding hydrogens is 202 g/mol. The second-order valence-electron chi connectivity index (χ2n) is 2.86. The predicted molar refractivity (Wildman–Crippen MR) is 55.9 cm³/mol. The van der Waals surface area contributed by atoms with Gasteiger partial charge >= 0.3 is 0 Å². The highest BCUT2D eigenvalue weighted by Gasteiger charge is 2.18. The summed E-state index contributed by atoms with van der Waals surface area (Å²) in [6.07, 6.45) is -0.0723. The first-order chi connectivity index (χ1) is 6.65. The number of rotatable bonds is 4. The largest absolute Gasteiger partial charge is 0.390 e. The smallest absolute Gasteiger partial charge is 0.220 e. The van der Waals surface area contributed by atoms with Gasteiger partial charge in [0.05, 0.1) is 11.8 Å². The molecule has 0 saturated carbocycles. The van der Waals surface area contributed by atoms with Crippen LogP contribution in [-0.2, 0) is 0 Å². The van der Waals surface area contributed by atoms with E-state index in [1.54, 1.807) is 0 Å². The molecule has 5 nitrogen and oxygen atoms in total. The van der Waals surface area contributed by atoms with Gasteiger partial charge in [0.2, 0.25) is 5.95 Å².